The van der Waals surface area contributed by atoms with Crippen LogP contribution >= 0.6 is 0 Å². The molecular formula is C22H30N4O3. The van der Waals surface area contributed by atoms with E-state index in [0.717, 1.165) is 55.6 Å². The lowest BCUT2D eigenvalue weighted by Crippen LogP contribution is -2.40. The molecule has 0 amide bonds. The van der Waals surface area contributed by atoms with Crippen molar-refractivity contribution in [1.29, 1.82) is 0 Å². The van der Waals surface area contributed by atoms with Crippen molar-refractivity contribution < 1.29 is 9.47 Å². The van der Waals surface area contributed by atoms with E-state index in [1.165, 1.54) is 0 Å². The van der Waals surface area contributed by atoms with Crippen molar-refractivity contribution in [3.8, 4) is 11.5 Å². The van der Waals surface area contributed by atoms with E-state index in [4.69, 9.17) is 9.47 Å². The number of hydrogen-bond donors (Lipinski definition) is 2. The maximum absolute atomic E-state index is 11.9. The lowest BCUT2D eigenvalue weighted by atomic mass is 10.2. The molecule has 1 aliphatic heterocycles. The molecule has 0 saturated heterocycles. The third-order valence-electron chi connectivity index (χ3n) is 4.73. The van der Waals surface area contributed by atoms with Crippen LogP contribution in [-0.4, -0.2) is 42.9 Å². The fourth-order valence-corrected chi connectivity index (χ4v) is 3.20. The van der Waals surface area contributed by atoms with Crippen molar-refractivity contribution >= 4 is 5.96 Å². The summed E-state index contributed by atoms with van der Waals surface area (Å²) in [4.78, 5) is 16.5. The Kier molecular flexibility index (Phi) is 7.55. The molecule has 1 aromatic heterocycles. The standard InChI is InChI=1S/C22H30N4O3/c1-3-23-22(24-13-6-7-14-26-17(2)9-8-12-21(26)27)25-15-18-16-28-19-10-4-5-11-20(19)29-18/h4-5,8-12,18H,3,6-7,13-16H2,1-2H3,(H2,23,24,25). The average molecular weight is 399 g/mol. The molecule has 1 unspecified atom stereocenters. The molecule has 0 fully saturated rings. The van der Waals surface area contributed by atoms with E-state index >= 15 is 0 Å². The molecule has 0 aliphatic carbocycles. The van der Waals surface area contributed by atoms with E-state index in [1.54, 1.807) is 12.1 Å². The summed E-state index contributed by atoms with van der Waals surface area (Å²) in [5.74, 6) is 2.32. The predicted octanol–water partition coefficient (Wildman–Crippen LogP) is 2.33. The van der Waals surface area contributed by atoms with Crippen LogP contribution in [0.25, 0.3) is 0 Å². The van der Waals surface area contributed by atoms with Gasteiger partial charge in [-0.2, -0.15) is 0 Å². The monoisotopic (exact) mass is 398 g/mol. The first-order valence-electron chi connectivity index (χ1n) is 10.2. The number of aromatic nitrogens is 1. The van der Waals surface area contributed by atoms with Crippen molar-refractivity contribution in [3.05, 3.63) is 58.5 Å². The number of ether oxygens (including phenoxy) is 2. The molecule has 0 radical (unpaired) electrons. The van der Waals surface area contributed by atoms with Crippen molar-refractivity contribution in [2.45, 2.75) is 39.3 Å². The summed E-state index contributed by atoms with van der Waals surface area (Å²) in [6.07, 6.45) is 1.77. The van der Waals surface area contributed by atoms with Gasteiger partial charge in [-0.1, -0.05) is 18.2 Å². The fourth-order valence-electron chi connectivity index (χ4n) is 3.20. The number of pyridine rings is 1. The van der Waals surface area contributed by atoms with Crippen LogP contribution in [0.5, 0.6) is 11.5 Å². The van der Waals surface area contributed by atoms with Crippen LogP contribution in [0.1, 0.15) is 25.5 Å². The Balaban J connectivity index is 1.43. The number of unbranched alkanes of at least 4 members (excludes halogenated alkanes) is 1. The summed E-state index contributed by atoms with van der Waals surface area (Å²) < 4.78 is 13.5. The number of fused-ring (bicyclic) bond motifs is 1. The first-order valence-corrected chi connectivity index (χ1v) is 10.2. The summed E-state index contributed by atoms with van der Waals surface area (Å²) >= 11 is 0. The minimum atomic E-state index is -0.103. The van der Waals surface area contributed by atoms with Crippen LogP contribution in [0, 0.1) is 6.92 Å². The number of hydrogen-bond acceptors (Lipinski definition) is 4. The van der Waals surface area contributed by atoms with Crippen molar-refractivity contribution in [1.82, 2.24) is 15.2 Å². The Morgan fingerprint density at radius 3 is 2.76 bits per heavy atom. The Morgan fingerprint density at radius 2 is 1.97 bits per heavy atom. The number of nitrogens with zero attached hydrogens (tertiary/aromatic N) is 2. The second-order valence-electron chi connectivity index (χ2n) is 7.01. The molecule has 0 bridgehead atoms. The minimum absolute atomic E-state index is 0.0594. The molecule has 0 spiro atoms. The van der Waals surface area contributed by atoms with Crippen molar-refractivity contribution in [3.63, 3.8) is 0 Å². The Hall–Kier alpha value is -2.96. The van der Waals surface area contributed by atoms with Crippen molar-refractivity contribution in [2.75, 3.05) is 26.2 Å². The molecule has 156 valence electrons. The Morgan fingerprint density at radius 1 is 1.14 bits per heavy atom. The van der Waals surface area contributed by atoms with Gasteiger partial charge in [0.1, 0.15) is 6.61 Å². The van der Waals surface area contributed by atoms with Gasteiger partial charge in [0.15, 0.2) is 23.6 Å². The first-order chi connectivity index (χ1) is 14.2. The van der Waals surface area contributed by atoms with Gasteiger partial charge in [-0.05, 0) is 44.9 Å². The molecule has 0 saturated carbocycles. The third kappa shape index (κ3) is 6.01. The molecule has 1 atom stereocenters. The van der Waals surface area contributed by atoms with Gasteiger partial charge in [-0.25, -0.2) is 4.99 Å². The zero-order valence-electron chi connectivity index (χ0n) is 17.2. The Labute approximate surface area is 171 Å². The molecule has 2 N–H and O–H groups in total. The molecule has 2 aromatic rings. The van der Waals surface area contributed by atoms with Crippen LogP contribution in [0.4, 0.5) is 0 Å². The van der Waals surface area contributed by atoms with E-state index in [-0.39, 0.29) is 11.7 Å². The highest BCUT2D eigenvalue weighted by Gasteiger charge is 2.20. The lowest BCUT2D eigenvalue weighted by molar-refractivity contribution is 0.0971. The summed E-state index contributed by atoms with van der Waals surface area (Å²) in [5.41, 5.74) is 1.06. The largest absolute Gasteiger partial charge is 0.486 e. The van der Waals surface area contributed by atoms with Crippen molar-refractivity contribution in [2.24, 2.45) is 4.99 Å². The number of rotatable bonds is 8. The van der Waals surface area contributed by atoms with Gasteiger partial charge in [-0.3, -0.25) is 4.79 Å². The minimum Gasteiger partial charge on any atom is -0.486 e. The predicted molar refractivity (Wildman–Crippen MR) is 115 cm³/mol. The highest BCUT2D eigenvalue weighted by atomic mass is 16.6. The van der Waals surface area contributed by atoms with Gasteiger partial charge in [0.2, 0.25) is 0 Å². The van der Waals surface area contributed by atoms with Gasteiger partial charge >= 0.3 is 0 Å². The summed E-state index contributed by atoms with van der Waals surface area (Å²) in [6.45, 7) is 7.32. The summed E-state index contributed by atoms with van der Waals surface area (Å²) in [6, 6.07) is 13.1. The van der Waals surface area contributed by atoms with Crippen LogP contribution in [-0.2, 0) is 6.54 Å². The Bertz CT molecular complexity index is 878. The van der Waals surface area contributed by atoms with Gasteiger partial charge in [0.05, 0.1) is 6.54 Å². The van der Waals surface area contributed by atoms with E-state index in [9.17, 15) is 4.79 Å². The molecule has 29 heavy (non-hydrogen) atoms. The maximum atomic E-state index is 11.9. The number of nitrogens with one attached hydrogen (secondary N) is 2. The van der Waals surface area contributed by atoms with Crippen LogP contribution in [0.2, 0.25) is 0 Å². The lowest BCUT2D eigenvalue weighted by Gasteiger charge is -2.25. The fraction of sp³-hybridized carbons (Fsp3) is 0.455. The smallest absolute Gasteiger partial charge is 0.250 e. The summed E-state index contributed by atoms with van der Waals surface area (Å²) in [7, 11) is 0. The molecule has 3 rings (SSSR count). The zero-order valence-corrected chi connectivity index (χ0v) is 17.2. The molecule has 1 aliphatic rings. The third-order valence-corrected chi connectivity index (χ3v) is 4.73. The highest BCUT2D eigenvalue weighted by Crippen LogP contribution is 2.30. The number of guanidine groups is 1. The molecule has 7 heteroatoms. The van der Waals surface area contributed by atoms with Crippen LogP contribution in [0.3, 0.4) is 0 Å². The van der Waals surface area contributed by atoms with E-state index in [1.807, 2.05) is 48.7 Å². The molecule has 1 aromatic carbocycles. The van der Waals surface area contributed by atoms with Gasteiger partial charge in [-0.15, -0.1) is 0 Å². The van der Waals surface area contributed by atoms with Gasteiger partial charge < -0.3 is 24.7 Å². The van der Waals surface area contributed by atoms with Crippen LogP contribution < -0.4 is 25.7 Å². The first kappa shape index (κ1) is 20.8. The SMILES string of the molecule is CCNC(=NCC1COc2ccccc2O1)NCCCCn1c(C)cccc1=O. The maximum Gasteiger partial charge on any atom is 0.250 e. The second kappa shape index (κ2) is 10.5. The topological polar surface area (TPSA) is 76.9 Å². The number of aryl methyl sites for hydroxylation is 1. The number of para-hydroxylation sites is 2. The number of aliphatic imine (C=N–C) groups is 1. The normalized spacial score (nSPS) is 15.8. The second-order valence-corrected chi connectivity index (χ2v) is 7.01. The summed E-state index contributed by atoms with van der Waals surface area (Å²) in [5, 5.41) is 6.61. The van der Waals surface area contributed by atoms with E-state index < -0.39 is 0 Å². The average Bonchev–Trinajstić information content (AvgIpc) is 2.73. The van der Waals surface area contributed by atoms with E-state index in [0.29, 0.717) is 13.2 Å². The highest BCUT2D eigenvalue weighted by molar-refractivity contribution is 5.79. The molecular weight excluding hydrogens is 368 g/mol. The van der Waals surface area contributed by atoms with Gasteiger partial charge in [0.25, 0.3) is 5.56 Å². The quantitative estimate of drug-likeness (QED) is 0.405. The molecule has 7 nitrogen and oxygen atoms in total. The van der Waals surface area contributed by atoms with E-state index in [2.05, 4.69) is 15.6 Å². The van der Waals surface area contributed by atoms with Crippen LogP contribution in [0.15, 0.2) is 52.3 Å². The van der Waals surface area contributed by atoms with Gasteiger partial charge in [0, 0.05) is 31.4 Å². The number of benzene rings is 1. The molecule has 2 heterocycles. The zero-order chi connectivity index (χ0) is 20.5.